The van der Waals surface area contributed by atoms with E-state index in [9.17, 15) is 4.39 Å². The molecule has 0 aromatic heterocycles. The Hall–Kier alpha value is -0.450. The van der Waals surface area contributed by atoms with E-state index in [4.69, 9.17) is 0 Å². The van der Waals surface area contributed by atoms with E-state index in [1.165, 1.54) is 6.07 Å². The average molecular weight is 273 g/mol. The number of hydrogen-bond acceptors (Lipinski definition) is 2. The molecule has 0 spiro atoms. The zero-order chi connectivity index (χ0) is 10.8. The summed E-state index contributed by atoms with van der Waals surface area (Å²) in [6, 6.07) is 5.41. The van der Waals surface area contributed by atoms with Crippen molar-refractivity contribution in [2.75, 3.05) is 20.1 Å². The van der Waals surface area contributed by atoms with Crippen LogP contribution in [0.25, 0.3) is 0 Å². The summed E-state index contributed by atoms with van der Waals surface area (Å²) in [5.41, 5.74) is 1.00. The number of nitrogens with one attached hydrogen (secondary N) is 1. The fourth-order valence-corrected chi connectivity index (χ4v) is 2.02. The summed E-state index contributed by atoms with van der Waals surface area (Å²) in [5.74, 6) is -0.173. The van der Waals surface area contributed by atoms with Crippen molar-refractivity contribution < 1.29 is 4.39 Å². The molecule has 15 heavy (non-hydrogen) atoms. The van der Waals surface area contributed by atoms with Crippen molar-refractivity contribution in [1.29, 1.82) is 0 Å². The molecule has 82 valence electrons. The van der Waals surface area contributed by atoms with Crippen molar-refractivity contribution in [3.63, 3.8) is 0 Å². The van der Waals surface area contributed by atoms with Gasteiger partial charge in [0.2, 0.25) is 0 Å². The summed E-state index contributed by atoms with van der Waals surface area (Å²) in [4.78, 5) is 2.25. The molecule has 0 radical (unpaired) electrons. The van der Waals surface area contributed by atoms with Gasteiger partial charge in [-0.2, -0.15) is 0 Å². The van der Waals surface area contributed by atoms with Crippen LogP contribution in [0.1, 0.15) is 5.56 Å². The zero-order valence-corrected chi connectivity index (χ0v) is 10.2. The smallest absolute Gasteiger partial charge is 0.123 e. The van der Waals surface area contributed by atoms with Gasteiger partial charge in [0, 0.05) is 30.1 Å². The van der Waals surface area contributed by atoms with Crippen molar-refractivity contribution in [2.45, 2.75) is 12.6 Å². The van der Waals surface area contributed by atoms with Gasteiger partial charge in [0.1, 0.15) is 5.82 Å². The van der Waals surface area contributed by atoms with Crippen molar-refractivity contribution in [3.8, 4) is 0 Å². The normalized spacial score (nSPS) is 16.8. The molecule has 4 heteroatoms. The van der Waals surface area contributed by atoms with Gasteiger partial charge in [0.05, 0.1) is 0 Å². The Balaban J connectivity index is 2.05. The second kappa shape index (κ2) is 4.60. The van der Waals surface area contributed by atoms with Crippen LogP contribution in [-0.4, -0.2) is 31.1 Å². The molecule has 0 bridgehead atoms. The summed E-state index contributed by atoms with van der Waals surface area (Å²) in [6.07, 6.45) is 0. The van der Waals surface area contributed by atoms with E-state index in [1.54, 1.807) is 12.1 Å². The van der Waals surface area contributed by atoms with Gasteiger partial charge in [-0.15, -0.1) is 0 Å². The highest BCUT2D eigenvalue weighted by atomic mass is 79.9. The van der Waals surface area contributed by atoms with Gasteiger partial charge < -0.3 is 5.32 Å². The minimum Gasteiger partial charge on any atom is -0.314 e. The lowest BCUT2D eigenvalue weighted by Gasteiger charge is -2.35. The Morgan fingerprint density at radius 1 is 1.53 bits per heavy atom. The van der Waals surface area contributed by atoms with Crippen LogP contribution in [0.4, 0.5) is 4.39 Å². The molecule has 0 amide bonds. The highest BCUT2D eigenvalue weighted by Crippen LogP contribution is 2.20. The van der Waals surface area contributed by atoms with Crippen molar-refractivity contribution in [3.05, 3.63) is 34.1 Å². The summed E-state index contributed by atoms with van der Waals surface area (Å²) >= 11 is 3.44. The van der Waals surface area contributed by atoms with E-state index in [0.29, 0.717) is 6.04 Å². The number of likely N-dealkylation sites (N-methyl/N-ethyl adjacent to an activating group) is 1. The van der Waals surface area contributed by atoms with Crippen LogP contribution in [0.15, 0.2) is 22.7 Å². The molecule has 2 nitrogen and oxygen atoms in total. The van der Waals surface area contributed by atoms with Gasteiger partial charge in [-0.05, 0) is 30.8 Å². The lowest BCUT2D eigenvalue weighted by atomic mass is 10.1. The van der Waals surface area contributed by atoms with Crippen molar-refractivity contribution in [1.82, 2.24) is 10.2 Å². The number of nitrogens with zero attached hydrogens (tertiary/aromatic N) is 1. The molecular formula is C11H14BrFN2. The van der Waals surface area contributed by atoms with Gasteiger partial charge in [0.25, 0.3) is 0 Å². The lowest BCUT2D eigenvalue weighted by Crippen LogP contribution is -2.55. The zero-order valence-electron chi connectivity index (χ0n) is 8.63. The van der Waals surface area contributed by atoms with Crippen LogP contribution in [0.5, 0.6) is 0 Å². The third-order valence-electron chi connectivity index (χ3n) is 2.81. The quantitative estimate of drug-likeness (QED) is 0.906. The molecule has 0 saturated carbocycles. The van der Waals surface area contributed by atoms with Crippen LogP contribution in [-0.2, 0) is 6.54 Å². The van der Waals surface area contributed by atoms with Crippen LogP contribution in [0, 0.1) is 5.82 Å². The molecule has 0 aliphatic carbocycles. The summed E-state index contributed by atoms with van der Waals surface area (Å²) in [5, 5.41) is 3.23. The Kier molecular flexibility index (Phi) is 3.38. The topological polar surface area (TPSA) is 15.3 Å². The standard InChI is InChI=1S/C11H14BrFN2/c1-15(10-5-14-6-10)7-8-4-9(13)2-3-11(8)12/h2-4,10,14H,5-7H2,1H3. The first-order valence-corrected chi connectivity index (χ1v) is 5.81. The summed E-state index contributed by atoms with van der Waals surface area (Å²) < 4.78 is 14.0. The van der Waals surface area contributed by atoms with Gasteiger partial charge in [-0.1, -0.05) is 15.9 Å². The molecule has 1 fully saturated rings. The molecule has 1 aliphatic rings. The molecule has 1 saturated heterocycles. The van der Waals surface area contributed by atoms with E-state index in [1.807, 2.05) is 0 Å². The van der Waals surface area contributed by atoms with Gasteiger partial charge in [-0.3, -0.25) is 4.90 Å². The van der Waals surface area contributed by atoms with Gasteiger partial charge >= 0.3 is 0 Å². The van der Waals surface area contributed by atoms with Crippen LogP contribution in [0.2, 0.25) is 0 Å². The fourth-order valence-electron chi connectivity index (χ4n) is 1.65. The summed E-state index contributed by atoms with van der Waals surface area (Å²) in [7, 11) is 2.07. The third-order valence-corrected chi connectivity index (χ3v) is 3.58. The summed E-state index contributed by atoms with van der Waals surface area (Å²) in [6.45, 7) is 2.84. The third kappa shape index (κ3) is 2.56. The number of benzene rings is 1. The van der Waals surface area contributed by atoms with E-state index >= 15 is 0 Å². The number of rotatable bonds is 3. The molecular weight excluding hydrogens is 259 g/mol. The second-order valence-electron chi connectivity index (χ2n) is 3.96. The molecule has 1 heterocycles. The van der Waals surface area contributed by atoms with E-state index in [-0.39, 0.29) is 5.82 Å². The lowest BCUT2D eigenvalue weighted by molar-refractivity contribution is 0.172. The Labute approximate surface area is 97.6 Å². The number of halogens is 2. The monoisotopic (exact) mass is 272 g/mol. The first kappa shape index (κ1) is 11.0. The molecule has 1 aliphatic heterocycles. The maximum absolute atomic E-state index is 13.0. The predicted molar refractivity (Wildman–Crippen MR) is 62.2 cm³/mol. The highest BCUT2D eigenvalue weighted by molar-refractivity contribution is 9.10. The Morgan fingerprint density at radius 3 is 2.87 bits per heavy atom. The van der Waals surface area contributed by atoms with Crippen LogP contribution in [0.3, 0.4) is 0 Å². The van der Waals surface area contributed by atoms with E-state index in [0.717, 1.165) is 29.7 Å². The molecule has 0 atom stereocenters. The van der Waals surface area contributed by atoms with Crippen molar-refractivity contribution >= 4 is 15.9 Å². The first-order valence-electron chi connectivity index (χ1n) is 5.01. The molecule has 1 aromatic rings. The maximum Gasteiger partial charge on any atom is 0.123 e. The minimum absolute atomic E-state index is 0.173. The fraction of sp³-hybridized carbons (Fsp3) is 0.455. The second-order valence-corrected chi connectivity index (χ2v) is 4.82. The first-order chi connectivity index (χ1) is 7.16. The number of hydrogen-bond donors (Lipinski definition) is 1. The van der Waals surface area contributed by atoms with E-state index in [2.05, 4.69) is 33.2 Å². The highest BCUT2D eigenvalue weighted by Gasteiger charge is 2.21. The van der Waals surface area contributed by atoms with Crippen LogP contribution >= 0.6 is 15.9 Å². The van der Waals surface area contributed by atoms with E-state index < -0.39 is 0 Å². The average Bonchev–Trinajstić information content (AvgIpc) is 2.08. The minimum atomic E-state index is -0.173. The molecule has 2 rings (SSSR count). The van der Waals surface area contributed by atoms with Crippen molar-refractivity contribution in [2.24, 2.45) is 0 Å². The Bertz CT molecular complexity index is 352. The molecule has 1 aromatic carbocycles. The van der Waals surface area contributed by atoms with Gasteiger partial charge in [0.15, 0.2) is 0 Å². The largest absolute Gasteiger partial charge is 0.314 e. The SMILES string of the molecule is CN(Cc1cc(F)ccc1Br)C1CNC1. The van der Waals surface area contributed by atoms with Gasteiger partial charge in [-0.25, -0.2) is 4.39 Å². The Morgan fingerprint density at radius 2 is 2.27 bits per heavy atom. The predicted octanol–water partition coefficient (Wildman–Crippen LogP) is 1.99. The molecule has 0 unspecified atom stereocenters. The van der Waals surface area contributed by atoms with Crippen LogP contribution < -0.4 is 5.32 Å². The molecule has 1 N–H and O–H groups in total. The maximum atomic E-state index is 13.0.